The highest BCUT2D eigenvalue weighted by Gasteiger charge is 2.32. The summed E-state index contributed by atoms with van der Waals surface area (Å²) in [7, 11) is 0. The molecule has 0 spiro atoms. The number of halogens is 3. The van der Waals surface area contributed by atoms with E-state index in [4.69, 9.17) is 0 Å². The molecule has 0 aliphatic carbocycles. The lowest BCUT2D eigenvalue weighted by molar-refractivity contribution is -0.141. The number of amides is 1. The lowest BCUT2D eigenvalue weighted by Gasteiger charge is -2.08. The van der Waals surface area contributed by atoms with Gasteiger partial charge in [-0.15, -0.1) is 0 Å². The smallest absolute Gasteiger partial charge is 0.322 e. The number of nitrogens with zero attached hydrogens (tertiary/aromatic N) is 1. The Morgan fingerprint density at radius 2 is 1.81 bits per heavy atom. The summed E-state index contributed by atoms with van der Waals surface area (Å²) in [6, 6.07) is 9.13. The van der Waals surface area contributed by atoms with E-state index in [2.05, 4.69) is 10.3 Å². The van der Waals surface area contributed by atoms with E-state index in [0.29, 0.717) is 5.69 Å². The van der Waals surface area contributed by atoms with Crippen LogP contribution in [0.2, 0.25) is 0 Å². The summed E-state index contributed by atoms with van der Waals surface area (Å²) in [5, 5.41) is 2.61. The van der Waals surface area contributed by atoms with Crippen LogP contribution in [-0.2, 0) is 12.6 Å². The van der Waals surface area contributed by atoms with Crippen molar-refractivity contribution >= 4 is 11.6 Å². The maximum absolute atomic E-state index is 12.4. The number of aryl methyl sites for hydroxylation is 1. The fraction of sp³-hybridized carbons (Fsp3) is 0.200. The second-order valence-corrected chi connectivity index (χ2v) is 4.43. The minimum atomic E-state index is -4.51. The minimum absolute atomic E-state index is 0.0718. The molecular weight excluding hydrogens is 281 g/mol. The normalized spacial score (nSPS) is 11.2. The number of carbonyl (C=O) groups excluding carboxylic acids is 1. The Morgan fingerprint density at radius 3 is 2.29 bits per heavy atom. The Labute approximate surface area is 119 Å². The van der Waals surface area contributed by atoms with E-state index in [0.717, 1.165) is 30.3 Å². The van der Waals surface area contributed by atoms with Crippen LogP contribution in [0.25, 0.3) is 0 Å². The summed E-state index contributed by atoms with van der Waals surface area (Å²) >= 11 is 0. The molecular formula is C15H13F3N2O. The molecule has 0 aliphatic heterocycles. The number of benzene rings is 1. The van der Waals surface area contributed by atoms with Gasteiger partial charge < -0.3 is 5.32 Å². The van der Waals surface area contributed by atoms with E-state index < -0.39 is 17.8 Å². The highest BCUT2D eigenvalue weighted by molar-refractivity contribution is 6.04. The summed E-state index contributed by atoms with van der Waals surface area (Å²) in [6.45, 7) is 2.02. The fourth-order valence-corrected chi connectivity index (χ4v) is 1.72. The molecule has 1 aromatic heterocycles. The molecule has 110 valence electrons. The van der Waals surface area contributed by atoms with E-state index in [1.54, 1.807) is 12.1 Å². The van der Waals surface area contributed by atoms with Crippen LogP contribution in [0.5, 0.6) is 0 Å². The lowest BCUT2D eigenvalue weighted by Crippen LogP contribution is -2.14. The first-order valence-corrected chi connectivity index (χ1v) is 6.33. The van der Waals surface area contributed by atoms with Gasteiger partial charge in [0.25, 0.3) is 5.91 Å². The van der Waals surface area contributed by atoms with E-state index in [9.17, 15) is 18.0 Å². The van der Waals surface area contributed by atoms with Gasteiger partial charge in [-0.2, -0.15) is 13.2 Å². The molecule has 6 heteroatoms. The molecule has 1 N–H and O–H groups in total. The number of aromatic nitrogens is 1. The highest BCUT2D eigenvalue weighted by Crippen LogP contribution is 2.27. The van der Waals surface area contributed by atoms with Crippen molar-refractivity contribution in [2.75, 3.05) is 5.32 Å². The first-order chi connectivity index (χ1) is 9.90. The van der Waals surface area contributed by atoms with Crippen LogP contribution in [0.3, 0.4) is 0 Å². The Bertz CT molecular complexity index is 619. The molecule has 1 amide bonds. The number of hydrogen-bond acceptors (Lipinski definition) is 2. The van der Waals surface area contributed by atoms with Crippen LogP contribution in [0.1, 0.15) is 28.5 Å². The Balaban J connectivity index is 2.09. The lowest BCUT2D eigenvalue weighted by atomic mass is 10.1. The predicted octanol–water partition coefficient (Wildman–Crippen LogP) is 3.92. The van der Waals surface area contributed by atoms with Gasteiger partial charge in [0.05, 0.1) is 5.56 Å². The Morgan fingerprint density at radius 1 is 1.14 bits per heavy atom. The summed E-state index contributed by atoms with van der Waals surface area (Å²) < 4.78 is 37.1. The molecule has 21 heavy (non-hydrogen) atoms. The first-order valence-electron chi connectivity index (χ1n) is 6.33. The van der Waals surface area contributed by atoms with E-state index in [-0.39, 0.29) is 5.56 Å². The summed E-state index contributed by atoms with van der Waals surface area (Å²) in [6.07, 6.45) is -2.71. The van der Waals surface area contributed by atoms with Crippen LogP contribution in [0.4, 0.5) is 18.9 Å². The van der Waals surface area contributed by atoms with Crippen molar-refractivity contribution in [1.82, 2.24) is 4.98 Å². The van der Waals surface area contributed by atoms with Crippen molar-refractivity contribution in [1.29, 1.82) is 0 Å². The second kappa shape index (κ2) is 5.95. The van der Waals surface area contributed by atoms with Gasteiger partial charge >= 0.3 is 6.18 Å². The van der Waals surface area contributed by atoms with Crippen LogP contribution >= 0.6 is 0 Å². The summed E-state index contributed by atoms with van der Waals surface area (Å²) in [5.74, 6) is -0.500. The number of rotatable bonds is 3. The number of anilines is 1. The molecule has 0 radical (unpaired) electrons. The van der Waals surface area contributed by atoms with E-state index >= 15 is 0 Å². The van der Waals surface area contributed by atoms with Gasteiger partial charge in [0, 0.05) is 11.9 Å². The van der Waals surface area contributed by atoms with Crippen molar-refractivity contribution in [3.05, 3.63) is 59.4 Å². The number of carbonyl (C=O) groups is 1. The quantitative estimate of drug-likeness (QED) is 0.932. The molecule has 0 unspecified atom stereocenters. The number of nitrogens with one attached hydrogen (secondary N) is 1. The van der Waals surface area contributed by atoms with Gasteiger partial charge in [-0.3, -0.25) is 9.78 Å². The minimum Gasteiger partial charge on any atom is -0.322 e. The van der Waals surface area contributed by atoms with Crippen LogP contribution in [0, 0.1) is 0 Å². The van der Waals surface area contributed by atoms with Gasteiger partial charge in [-0.25, -0.2) is 0 Å². The zero-order chi connectivity index (χ0) is 15.5. The Hall–Kier alpha value is -2.37. The third-order valence-electron chi connectivity index (χ3n) is 2.94. The monoisotopic (exact) mass is 294 g/mol. The first kappa shape index (κ1) is 15.0. The summed E-state index contributed by atoms with van der Waals surface area (Å²) in [4.78, 5) is 15.2. The highest BCUT2D eigenvalue weighted by atomic mass is 19.4. The standard InChI is InChI=1S/C15H13F3N2O/c1-2-10-3-6-12(7-4-10)20-14(21)11-5-8-13(19-9-11)15(16,17)18/h3-9H,2H2,1H3,(H,20,21). The van der Waals surface area contributed by atoms with Gasteiger partial charge in [0.1, 0.15) is 5.69 Å². The van der Waals surface area contributed by atoms with Gasteiger partial charge in [-0.1, -0.05) is 19.1 Å². The number of pyridine rings is 1. The number of hydrogen-bond donors (Lipinski definition) is 1. The third kappa shape index (κ3) is 3.81. The molecule has 0 saturated carbocycles. The zero-order valence-corrected chi connectivity index (χ0v) is 11.2. The molecule has 2 rings (SSSR count). The SMILES string of the molecule is CCc1ccc(NC(=O)c2ccc(C(F)(F)F)nc2)cc1. The second-order valence-electron chi connectivity index (χ2n) is 4.43. The largest absolute Gasteiger partial charge is 0.433 e. The molecule has 3 nitrogen and oxygen atoms in total. The molecule has 0 bridgehead atoms. The predicted molar refractivity (Wildman–Crippen MR) is 73.0 cm³/mol. The third-order valence-corrected chi connectivity index (χ3v) is 2.94. The van der Waals surface area contributed by atoms with Gasteiger partial charge in [0.2, 0.25) is 0 Å². The van der Waals surface area contributed by atoms with E-state index in [1.807, 2.05) is 19.1 Å². The van der Waals surface area contributed by atoms with E-state index in [1.165, 1.54) is 0 Å². The van der Waals surface area contributed by atoms with Crippen LogP contribution < -0.4 is 5.32 Å². The van der Waals surface area contributed by atoms with Gasteiger partial charge in [-0.05, 0) is 36.2 Å². The molecule has 0 fully saturated rings. The maximum Gasteiger partial charge on any atom is 0.433 e. The van der Waals surface area contributed by atoms with Crippen molar-refractivity contribution in [3.8, 4) is 0 Å². The molecule has 1 aromatic carbocycles. The van der Waals surface area contributed by atoms with Crippen molar-refractivity contribution < 1.29 is 18.0 Å². The average molecular weight is 294 g/mol. The number of alkyl halides is 3. The van der Waals surface area contributed by atoms with Crippen molar-refractivity contribution in [2.24, 2.45) is 0 Å². The summed E-state index contributed by atoms with van der Waals surface area (Å²) in [5.41, 5.74) is 0.759. The molecule has 0 atom stereocenters. The molecule has 2 aromatic rings. The van der Waals surface area contributed by atoms with Gasteiger partial charge in [0.15, 0.2) is 0 Å². The average Bonchev–Trinajstić information content (AvgIpc) is 2.47. The Kier molecular flexibility index (Phi) is 4.26. The van der Waals surface area contributed by atoms with Crippen molar-refractivity contribution in [2.45, 2.75) is 19.5 Å². The molecule has 0 aliphatic rings. The zero-order valence-electron chi connectivity index (χ0n) is 11.2. The van der Waals surface area contributed by atoms with Crippen LogP contribution in [0.15, 0.2) is 42.6 Å². The maximum atomic E-state index is 12.4. The fourth-order valence-electron chi connectivity index (χ4n) is 1.72. The topological polar surface area (TPSA) is 42.0 Å². The molecule has 0 saturated heterocycles. The van der Waals surface area contributed by atoms with Crippen LogP contribution in [-0.4, -0.2) is 10.9 Å². The van der Waals surface area contributed by atoms with Crippen molar-refractivity contribution in [3.63, 3.8) is 0 Å². The molecule has 1 heterocycles.